The van der Waals surface area contributed by atoms with Crippen LogP contribution in [0.15, 0.2) is 24.3 Å². The lowest BCUT2D eigenvalue weighted by Gasteiger charge is -2.38. The fourth-order valence-electron chi connectivity index (χ4n) is 2.78. The minimum atomic E-state index is -0.457. The largest absolute Gasteiger partial charge is 0.497 e. The molecule has 2 unspecified atom stereocenters. The predicted octanol–water partition coefficient (Wildman–Crippen LogP) is 2.85. The smallest absolute Gasteiger partial charge is 0.322 e. The Hall–Kier alpha value is -1.75. The third kappa shape index (κ3) is 3.88. The first-order valence-corrected chi connectivity index (χ1v) is 7.55. The molecule has 2 rings (SSSR count). The van der Waals surface area contributed by atoms with Crippen LogP contribution in [0, 0.1) is 0 Å². The molecule has 2 amide bonds. The number of nitrogens with one attached hydrogen (secondary N) is 1. The van der Waals surface area contributed by atoms with Crippen LogP contribution >= 0.6 is 0 Å². The van der Waals surface area contributed by atoms with Gasteiger partial charge in [-0.05, 0) is 37.8 Å². The summed E-state index contributed by atoms with van der Waals surface area (Å²) in [5.74, 6) is 0.705. The topological polar surface area (TPSA) is 61.8 Å². The molecule has 116 valence electrons. The lowest BCUT2D eigenvalue weighted by Crippen LogP contribution is -2.51. The van der Waals surface area contributed by atoms with E-state index in [1.165, 1.54) is 0 Å². The number of likely N-dealkylation sites (tertiary alicyclic amines) is 1. The number of urea groups is 1. The van der Waals surface area contributed by atoms with Crippen molar-refractivity contribution in [2.24, 2.45) is 0 Å². The second-order valence-corrected chi connectivity index (χ2v) is 5.39. The van der Waals surface area contributed by atoms with Crippen molar-refractivity contribution in [1.82, 2.24) is 4.90 Å². The number of anilines is 1. The third-order valence-corrected chi connectivity index (χ3v) is 3.99. The van der Waals surface area contributed by atoms with E-state index >= 15 is 0 Å². The number of methoxy groups -OCH3 is 1. The van der Waals surface area contributed by atoms with E-state index in [9.17, 15) is 9.90 Å². The summed E-state index contributed by atoms with van der Waals surface area (Å²) in [6, 6.07) is 7.04. The van der Waals surface area contributed by atoms with Gasteiger partial charge in [0.25, 0.3) is 0 Å². The Morgan fingerprint density at radius 1 is 1.52 bits per heavy atom. The van der Waals surface area contributed by atoms with E-state index in [2.05, 4.69) is 5.32 Å². The molecule has 0 aliphatic carbocycles. The van der Waals surface area contributed by atoms with Crippen LogP contribution < -0.4 is 10.1 Å². The predicted molar refractivity (Wildman–Crippen MR) is 82.7 cm³/mol. The van der Waals surface area contributed by atoms with Crippen molar-refractivity contribution in [2.75, 3.05) is 19.0 Å². The zero-order chi connectivity index (χ0) is 15.2. The molecule has 0 radical (unpaired) electrons. The van der Waals surface area contributed by atoms with Crippen LogP contribution in [0.4, 0.5) is 10.5 Å². The molecular formula is C16H24N2O3. The number of ether oxygens (including phenoxy) is 1. The van der Waals surface area contributed by atoms with Gasteiger partial charge in [-0.2, -0.15) is 0 Å². The van der Waals surface area contributed by atoms with Crippen molar-refractivity contribution in [3.05, 3.63) is 24.3 Å². The maximum Gasteiger partial charge on any atom is 0.322 e. The quantitative estimate of drug-likeness (QED) is 0.897. The average molecular weight is 292 g/mol. The minimum absolute atomic E-state index is 0.0886. The Morgan fingerprint density at radius 2 is 2.33 bits per heavy atom. The minimum Gasteiger partial charge on any atom is -0.497 e. The van der Waals surface area contributed by atoms with Crippen LogP contribution in [0.1, 0.15) is 32.6 Å². The molecule has 0 saturated carbocycles. The summed E-state index contributed by atoms with van der Waals surface area (Å²) < 4.78 is 5.15. The van der Waals surface area contributed by atoms with Gasteiger partial charge in [-0.15, -0.1) is 0 Å². The number of aliphatic hydroxyl groups excluding tert-OH is 1. The van der Waals surface area contributed by atoms with Gasteiger partial charge in [-0.25, -0.2) is 4.79 Å². The Kier molecular flexibility index (Phi) is 5.44. The number of nitrogens with zero attached hydrogens (tertiary/aromatic N) is 1. The summed E-state index contributed by atoms with van der Waals surface area (Å²) in [6.45, 7) is 2.63. The van der Waals surface area contributed by atoms with E-state index in [1.807, 2.05) is 25.1 Å². The summed E-state index contributed by atoms with van der Waals surface area (Å²) >= 11 is 0. The summed E-state index contributed by atoms with van der Waals surface area (Å²) in [4.78, 5) is 14.2. The lowest BCUT2D eigenvalue weighted by molar-refractivity contribution is 0.0471. The molecular weight excluding hydrogens is 268 g/mol. The molecule has 1 saturated heterocycles. The van der Waals surface area contributed by atoms with Gasteiger partial charge in [-0.1, -0.05) is 13.0 Å². The van der Waals surface area contributed by atoms with Gasteiger partial charge in [0.2, 0.25) is 0 Å². The first kappa shape index (κ1) is 15.6. The van der Waals surface area contributed by atoms with Crippen LogP contribution in [0.3, 0.4) is 0 Å². The standard InChI is InChI=1S/C16H24N2O3/c1-3-15(19)14-9-4-5-10-18(14)16(20)17-12-7-6-8-13(11-12)21-2/h6-8,11,14-15,19H,3-5,9-10H2,1-2H3,(H,17,20). The second kappa shape index (κ2) is 7.31. The average Bonchev–Trinajstić information content (AvgIpc) is 2.54. The first-order valence-electron chi connectivity index (χ1n) is 7.55. The van der Waals surface area contributed by atoms with E-state index in [4.69, 9.17) is 4.74 Å². The molecule has 1 aromatic rings. The maximum atomic E-state index is 12.5. The molecule has 1 heterocycles. The van der Waals surface area contributed by atoms with Gasteiger partial charge in [0, 0.05) is 18.3 Å². The van der Waals surface area contributed by atoms with Crippen molar-refractivity contribution in [3.63, 3.8) is 0 Å². The van der Waals surface area contributed by atoms with Crippen molar-refractivity contribution < 1.29 is 14.6 Å². The van der Waals surface area contributed by atoms with Crippen LogP contribution in [0.25, 0.3) is 0 Å². The van der Waals surface area contributed by atoms with Crippen molar-refractivity contribution in [2.45, 2.75) is 44.8 Å². The zero-order valence-electron chi connectivity index (χ0n) is 12.7. The molecule has 1 aromatic carbocycles. The summed E-state index contributed by atoms with van der Waals surface area (Å²) in [5, 5.41) is 13.0. The number of hydrogen-bond donors (Lipinski definition) is 2. The molecule has 2 N–H and O–H groups in total. The van der Waals surface area contributed by atoms with Crippen LogP contribution in [-0.4, -0.2) is 41.8 Å². The van der Waals surface area contributed by atoms with E-state index in [0.717, 1.165) is 19.3 Å². The zero-order valence-corrected chi connectivity index (χ0v) is 12.7. The Bertz CT molecular complexity index is 478. The molecule has 0 spiro atoms. The van der Waals surface area contributed by atoms with Crippen molar-refractivity contribution in [3.8, 4) is 5.75 Å². The molecule has 21 heavy (non-hydrogen) atoms. The van der Waals surface area contributed by atoms with E-state index < -0.39 is 6.10 Å². The highest BCUT2D eigenvalue weighted by Gasteiger charge is 2.31. The van der Waals surface area contributed by atoms with E-state index in [0.29, 0.717) is 24.4 Å². The molecule has 1 aliphatic heterocycles. The third-order valence-electron chi connectivity index (χ3n) is 3.99. The van der Waals surface area contributed by atoms with Gasteiger partial charge in [-0.3, -0.25) is 0 Å². The van der Waals surface area contributed by atoms with Crippen LogP contribution in [0.5, 0.6) is 5.75 Å². The molecule has 2 atom stereocenters. The van der Waals surface area contributed by atoms with Crippen molar-refractivity contribution >= 4 is 11.7 Å². The Labute approximate surface area is 125 Å². The summed E-state index contributed by atoms with van der Waals surface area (Å²) in [5.41, 5.74) is 0.703. The number of carbonyl (C=O) groups excluding carboxylic acids is 1. The van der Waals surface area contributed by atoms with Crippen molar-refractivity contribution in [1.29, 1.82) is 0 Å². The lowest BCUT2D eigenvalue weighted by atomic mass is 9.96. The normalized spacial score (nSPS) is 20.0. The Balaban J connectivity index is 2.06. The fraction of sp³-hybridized carbons (Fsp3) is 0.562. The second-order valence-electron chi connectivity index (χ2n) is 5.39. The summed E-state index contributed by atoms with van der Waals surface area (Å²) in [6.07, 6.45) is 3.11. The number of amides is 2. The van der Waals surface area contributed by atoms with Gasteiger partial charge in [0.05, 0.1) is 19.3 Å². The number of piperidine rings is 1. The van der Waals surface area contributed by atoms with Gasteiger partial charge >= 0.3 is 6.03 Å². The van der Waals surface area contributed by atoms with Gasteiger partial charge < -0.3 is 20.1 Å². The van der Waals surface area contributed by atoms with Gasteiger partial charge in [0.1, 0.15) is 5.75 Å². The van der Waals surface area contributed by atoms with E-state index in [1.54, 1.807) is 18.1 Å². The Morgan fingerprint density at radius 3 is 3.05 bits per heavy atom. The monoisotopic (exact) mass is 292 g/mol. The molecule has 5 nitrogen and oxygen atoms in total. The molecule has 1 aliphatic rings. The van der Waals surface area contributed by atoms with Crippen LogP contribution in [-0.2, 0) is 0 Å². The molecule has 5 heteroatoms. The number of rotatable bonds is 4. The van der Waals surface area contributed by atoms with Crippen LogP contribution in [0.2, 0.25) is 0 Å². The number of carbonyl (C=O) groups is 1. The fourth-order valence-corrected chi connectivity index (χ4v) is 2.78. The highest BCUT2D eigenvalue weighted by atomic mass is 16.5. The molecule has 1 fully saturated rings. The maximum absolute atomic E-state index is 12.5. The number of benzene rings is 1. The van der Waals surface area contributed by atoms with Gasteiger partial charge in [0.15, 0.2) is 0 Å². The first-order chi connectivity index (χ1) is 10.2. The highest BCUT2D eigenvalue weighted by molar-refractivity contribution is 5.89. The van der Waals surface area contributed by atoms with E-state index in [-0.39, 0.29) is 12.1 Å². The summed E-state index contributed by atoms with van der Waals surface area (Å²) in [7, 11) is 1.60. The molecule has 0 bridgehead atoms. The highest BCUT2D eigenvalue weighted by Crippen LogP contribution is 2.23. The SMILES string of the molecule is CCC(O)C1CCCCN1C(=O)Nc1cccc(OC)c1. The number of hydrogen-bond acceptors (Lipinski definition) is 3. The molecule has 0 aromatic heterocycles. The number of aliphatic hydroxyl groups is 1.